The smallest absolute Gasteiger partial charge is 0.322 e. The van der Waals surface area contributed by atoms with Gasteiger partial charge in [0.2, 0.25) is 0 Å². The van der Waals surface area contributed by atoms with Crippen molar-refractivity contribution in [1.82, 2.24) is 5.32 Å². The zero-order valence-corrected chi connectivity index (χ0v) is 7.38. The lowest BCUT2D eigenvalue weighted by molar-refractivity contribution is -0.142. The lowest BCUT2D eigenvalue weighted by Crippen LogP contribution is -2.35. The van der Waals surface area contributed by atoms with Crippen molar-refractivity contribution < 1.29 is 9.53 Å². The van der Waals surface area contributed by atoms with Crippen molar-refractivity contribution in [2.75, 3.05) is 7.11 Å². The van der Waals surface area contributed by atoms with E-state index in [-0.39, 0.29) is 12.0 Å². The van der Waals surface area contributed by atoms with Crippen LogP contribution in [0.15, 0.2) is 12.7 Å². The lowest BCUT2D eigenvalue weighted by atomic mass is 10.1. The molecule has 1 aliphatic rings. The van der Waals surface area contributed by atoms with Crippen LogP contribution in [0.2, 0.25) is 0 Å². The molecular weight excluding hydrogens is 154 g/mol. The van der Waals surface area contributed by atoms with Crippen molar-refractivity contribution in [2.24, 2.45) is 0 Å². The molecule has 0 bridgehead atoms. The minimum atomic E-state index is -0.151. The third kappa shape index (κ3) is 2.08. The van der Waals surface area contributed by atoms with E-state index >= 15 is 0 Å². The Kier molecular flexibility index (Phi) is 3.29. The van der Waals surface area contributed by atoms with Gasteiger partial charge in [-0.1, -0.05) is 6.08 Å². The third-order valence-electron chi connectivity index (χ3n) is 2.18. The van der Waals surface area contributed by atoms with Crippen molar-refractivity contribution >= 4 is 5.97 Å². The summed E-state index contributed by atoms with van der Waals surface area (Å²) in [5.74, 6) is -0.151. The number of methoxy groups -OCH3 is 1. The van der Waals surface area contributed by atoms with Gasteiger partial charge in [0.25, 0.3) is 0 Å². The van der Waals surface area contributed by atoms with E-state index < -0.39 is 0 Å². The summed E-state index contributed by atoms with van der Waals surface area (Å²) in [7, 11) is 1.42. The molecule has 1 aliphatic heterocycles. The molecule has 1 N–H and O–H groups in total. The van der Waals surface area contributed by atoms with E-state index in [2.05, 4.69) is 16.6 Å². The second-order valence-corrected chi connectivity index (χ2v) is 3.04. The number of esters is 1. The van der Waals surface area contributed by atoms with Gasteiger partial charge in [-0.3, -0.25) is 4.79 Å². The molecule has 1 heterocycles. The van der Waals surface area contributed by atoms with E-state index in [1.807, 2.05) is 6.08 Å². The molecule has 0 radical (unpaired) electrons. The van der Waals surface area contributed by atoms with Crippen molar-refractivity contribution in [3.05, 3.63) is 12.7 Å². The Morgan fingerprint density at radius 3 is 3.08 bits per heavy atom. The Morgan fingerprint density at radius 1 is 1.75 bits per heavy atom. The molecule has 0 saturated carbocycles. The highest BCUT2D eigenvalue weighted by Crippen LogP contribution is 2.15. The van der Waals surface area contributed by atoms with Gasteiger partial charge in [0.1, 0.15) is 6.04 Å². The van der Waals surface area contributed by atoms with Crippen LogP contribution in [0, 0.1) is 0 Å². The standard InChI is InChI=1S/C9H15NO2/c1-3-4-7-5-6-8(10-7)9(11)12-2/h3,7-8,10H,1,4-6H2,2H3. The van der Waals surface area contributed by atoms with E-state index in [4.69, 9.17) is 0 Å². The lowest BCUT2D eigenvalue weighted by Gasteiger charge is -2.10. The van der Waals surface area contributed by atoms with E-state index in [1.165, 1.54) is 7.11 Å². The van der Waals surface area contributed by atoms with E-state index in [1.54, 1.807) is 0 Å². The molecule has 2 unspecified atom stereocenters. The number of hydrogen-bond donors (Lipinski definition) is 1. The van der Waals surface area contributed by atoms with Gasteiger partial charge in [0.15, 0.2) is 0 Å². The first-order chi connectivity index (χ1) is 5.77. The fraction of sp³-hybridized carbons (Fsp3) is 0.667. The van der Waals surface area contributed by atoms with E-state index in [0.717, 1.165) is 19.3 Å². The minimum Gasteiger partial charge on any atom is -0.468 e. The van der Waals surface area contributed by atoms with Gasteiger partial charge in [-0.25, -0.2) is 0 Å². The van der Waals surface area contributed by atoms with Crippen molar-refractivity contribution in [3.8, 4) is 0 Å². The summed E-state index contributed by atoms with van der Waals surface area (Å²) >= 11 is 0. The quantitative estimate of drug-likeness (QED) is 0.503. The van der Waals surface area contributed by atoms with Gasteiger partial charge >= 0.3 is 5.97 Å². The number of hydrogen-bond acceptors (Lipinski definition) is 3. The van der Waals surface area contributed by atoms with Gasteiger partial charge in [-0.05, 0) is 19.3 Å². The minimum absolute atomic E-state index is 0.0973. The van der Waals surface area contributed by atoms with Crippen molar-refractivity contribution in [3.63, 3.8) is 0 Å². The highest BCUT2D eigenvalue weighted by atomic mass is 16.5. The number of carbonyl (C=O) groups excluding carboxylic acids is 1. The first kappa shape index (κ1) is 9.26. The van der Waals surface area contributed by atoms with E-state index in [9.17, 15) is 4.79 Å². The second kappa shape index (κ2) is 4.26. The summed E-state index contributed by atoms with van der Waals surface area (Å²) in [5, 5.41) is 3.20. The maximum absolute atomic E-state index is 11.1. The molecule has 12 heavy (non-hydrogen) atoms. The maximum Gasteiger partial charge on any atom is 0.322 e. The summed E-state index contributed by atoms with van der Waals surface area (Å²) in [5.41, 5.74) is 0. The maximum atomic E-state index is 11.1. The molecule has 0 amide bonds. The Bertz CT molecular complexity index is 179. The van der Waals surface area contributed by atoms with Crippen molar-refractivity contribution in [1.29, 1.82) is 0 Å². The molecule has 0 aliphatic carbocycles. The SMILES string of the molecule is C=CCC1CCC(C(=O)OC)N1. The molecule has 1 saturated heterocycles. The van der Waals surface area contributed by atoms with Crippen LogP contribution in [0.1, 0.15) is 19.3 Å². The molecule has 0 aromatic heterocycles. The number of carbonyl (C=O) groups is 1. The largest absolute Gasteiger partial charge is 0.468 e. The van der Waals surface area contributed by atoms with Gasteiger partial charge in [-0.15, -0.1) is 6.58 Å². The van der Waals surface area contributed by atoms with Gasteiger partial charge in [0, 0.05) is 6.04 Å². The number of nitrogens with one attached hydrogen (secondary N) is 1. The molecule has 2 atom stereocenters. The van der Waals surface area contributed by atoms with Crippen LogP contribution in [0.4, 0.5) is 0 Å². The molecule has 0 spiro atoms. The predicted molar refractivity (Wildman–Crippen MR) is 46.8 cm³/mol. The molecule has 0 aromatic carbocycles. The predicted octanol–water partition coefficient (Wildman–Crippen LogP) is 0.856. The fourth-order valence-electron chi connectivity index (χ4n) is 1.53. The van der Waals surface area contributed by atoms with Gasteiger partial charge in [-0.2, -0.15) is 0 Å². The van der Waals surface area contributed by atoms with Crippen LogP contribution in [-0.4, -0.2) is 25.2 Å². The summed E-state index contributed by atoms with van der Waals surface area (Å²) in [6, 6.07) is 0.312. The highest BCUT2D eigenvalue weighted by Gasteiger charge is 2.28. The first-order valence-corrected chi connectivity index (χ1v) is 4.22. The van der Waals surface area contributed by atoms with Crippen LogP contribution in [0.5, 0.6) is 0 Å². The second-order valence-electron chi connectivity index (χ2n) is 3.04. The average Bonchev–Trinajstić information content (AvgIpc) is 2.52. The molecule has 3 heteroatoms. The summed E-state index contributed by atoms with van der Waals surface area (Å²) < 4.78 is 4.63. The fourth-order valence-corrected chi connectivity index (χ4v) is 1.53. The zero-order valence-electron chi connectivity index (χ0n) is 7.38. The van der Waals surface area contributed by atoms with Crippen molar-refractivity contribution in [2.45, 2.75) is 31.3 Å². The summed E-state index contributed by atoms with van der Waals surface area (Å²) in [4.78, 5) is 11.1. The van der Waals surface area contributed by atoms with Crippen LogP contribution in [0.25, 0.3) is 0 Å². The number of ether oxygens (including phenoxy) is 1. The van der Waals surface area contributed by atoms with Crippen LogP contribution in [-0.2, 0) is 9.53 Å². The monoisotopic (exact) mass is 169 g/mol. The molecule has 1 fully saturated rings. The molecule has 0 aromatic rings. The normalized spacial score (nSPS) is 28.4. The summed E-state index contributed by atoms with van der Waals surface area (Å²) in [6.07, 6.45) is 4.71. The van der Waals surface area contributed by atoms with Gasteiger partial charge < -0.3 is 10.1 Å². The highest BCUT2D eigenvalue weighted by molar-refractivity contribution is 5.76. The third-order valence-corrected chi connectivity index (χ3v) is 2.18. The molecule has 3 nitrogen and oxygen atoms in total. The van der Waals surface area contributed by atoms with Crippen LogP contribution in [0.3, 0.4) is 0 Å². The van der Waals surface area contributed by atoms with Crippen LogP contribution >= 0.6 is 0 Å². The van der Waals surface area contributed by atoms with E-state index in [0.29, 0.717) is 6.04 Å². The Labute approximate surface area is 72.8 Å². The first-order valence-electron chi connectivity index (χ1n) is 4.22. The zero-order chi connectivity index (χ0) is 8.97. The molecule has 68 valence electrons. The summed E-state index contributed by atoms with van der Waals surface area (Å²) in [6.45, 7) is 3.66. The van der Waals surface area contributed by atoms with Crippen LogP contribution < -0.4 is 5.32 Å². The topological polar surface area (TPSA) is 38.3 Å². The molecular formula is C9H15NO2. The Balaban J connectivity index is 2.34. The Morgan fingerprint density at radius 2 is 2.50 bits per heavy atom. The molecule has 1 rings (SSSR count). The van der Waals surface area contributed by atoms with Gasteiger partial charge in [0.05, 0.1) is 7.11 Å². The number of rotatable bonds is 3. The average molecular weight is 169 g/mol. The Hall–Kier alpha value is -0.830.